The predicted octanol–water partition coefficient (Wildman–Crippen LogP) is 3.89. The summed E-state index contributed by atoms with van der Waals surface area (Å²) >= 11 is 0. The van der Waals surface area contributed by atoms with Crippen molar-refractivity contribution in [2.24, 2.45) is 22.1 Å². The molecule has 0 aromatic heterocycles. The van der Waals surface area contributed by atoms with Crippen LogP contribution in [0.3, 0.4) is 0 Å². The predicted molar refractivity (Wildman–Crippen MR) is 117 cm³/mol. The van der Waals surface area contributed by atoms with Gasteiger partial charge in [0.05, 0.1) is 20.3 Å². The molecular weight excluding hydrogens is 445 g/mol. The van der Waals surface area contributed by atoms with Crippen LogP contribution in [-0.4, -0.2) is 39.4 Å². The highest BCUT2D eigenvalue weighted by Crippen LogP contribution is 2.34. The van der Waals surface area contributed by atoms with Crippen LogP contribution in [-0.2, 0) is 4.74 Å². The van der Waals surface area contributed by atoms with Crippen molar-refractivity contribution in [1.82, 2.24) is 0 Å². The number of anilines is 1. The van der Waals surface area contributed by atoms with Crippen molar-refractivity contribution in [3.8, 4) is 11.5 Å². The molecule has 0 saturated carbocycles. The molecule has 0 spiro atoms. The number of halogens is 1. The molecule has 6 nitrogen and oxygen atoms in total. The van der Waals surface area contributed by atoms with Gasteiger partial charge in [0.25, 0.3) is 0 Å². The lowest BCUT2D eigenvalue weighted by molar-refractivity contribution is -0.0823. The molecule has 1 saturated heterocycles. The third kappa shape index (κ3) is 6.19. The second-order valence-corrected chi connectivity index (χ2v) is 7.48. The highest BCUT2D eigenvalue weighted by Gasteiger charge is 2.35. The molecule has 1 aromatic rings. The minimum Gasteiger partial charge on any atom is -0.493 e. The van der Waals surface area contributed by atoms with Gasteiger partial charge in [-0.1, -0.05) is 20.8 Å². The Kier molecular flexibility index (Phi) is 8.95. The van der Waals surface area contributed by atoms with E-state index in [-0.39, 0.29) is 35.5 Å². The van der Waals surface area contributed by atoms with Gasteiger partial charge in [0.2, 0.25) is 0 Å². The Labute approximate surface area is 173 Å². The van der Waals surface area contributed by atoms with E-state index in [1.54, 1.807) is 14.2 Å². The summed E-state index contributed by atoms with van der Waals surface area (Å²) in [5, 5.41) is 3.11. The molecule has 1 aromatic carbocycles. The molecule has 0 aliphatic carbocycles. The average molecular weight is 477 g/mol. The van der Waals surface area contributed by atoms with Gasteiger partial charge in [-0.3, -0.25) is 4.99 Å². The van der Waals surface area contributed by atoms with Crippen LogP contribution in [0.1, 0.15) is 33.6 Å². The standard InChI is InChI=1S/C19H31N3O3.HI/c1-19(2,3)17-13(7-6-10-25-17)12-21-18(20)22-14-8-9-15(23-4)16(11-14)24-5;/h8-9,11,13,17H,6-7,10,12H2,1-5H3,(H3,20,21,22);1H. The van der Waals surface area contributed by atoms with Crippen LogP contribution < -0.4 is 20.5 Å². The third-order valence-electron chi connectivity index (χ3n) is 4.45. The van der Waals surface area contributed by atoms with Crippen molar-refractivity contribution < 1.29 is 14.2 Å². The first-order valence-electron chi connectivity index (χ1n) is 8.75. The van der Waals surface area contributed by atoms with Gasteiger partial charge in [0.15, 0.2) is 17.5 Å². The maximum absolute atomic E-state index is 6.07. The molecule has 0 radical (unpaired) electrons. The number of hydrogen-bond acceptors (Lipinski definition) is 4. The molecule has 2 atom stereocenters. The molecule has 0 amide bonds. The van der Waals surface area contributed by atoms with E-state index in [1.807, 2.05) is 18.2 Å². The van der Waals surface area contributed by atoms with E-state index < -0.39 is 0 Å². The van der Waals surface area contributed by atoms with Crippen molar-refractivity contribution in [2.45, 2.75) is 39.7 Å². The minimum atomic E-state index is 0. The van der Waals surface area contributed by atoms with Gasteiger partial charge in [-0.2, -0.15) is 0 Å². The fourth-order valence-corrected chi connectivity index (χ4v) is 3.30. The van der Waals surface area contributed by atoms with Crippen LogP contribution in [0.5, 0.6) is 11.5 Å². The van der Waals surface area contributed by atoms with Crippen LogP contribution in [0.25, 0.3) is 0 Å². The maximum atomic E-state index is 6.07. The Morgan fingerprint density at radius 1 is 1.27 bits per heavy atom. The van der Waals surface area contributed by atoms with Crippen LogP contribution in [0.15, 0.2) is 23.2 Å². The van der Waals surface area contributed by atoms with Crippen LogP contribution in [0.4, 0.5) is 5.69 Å². The molecule has 1 aliphatic heterocycles. The van der Waals surface area contributed by atoms with Crippen molar-refractivity contribution in [2.75, 3.05) is 32.7 Å². The quantitative estimate of drug-likeness (QED) is 0.382. The van der Waals surface area contributed by atoms with E-state index in [2.05, 4.69) is 31.1 Å². The summed E-state index contributed by atoms with van der Waals surface area (Å²) in [5.74, 6) is 2.11. The molecule has 2 unspecified atom stereocenters. The van der Waals surface area contributed by atoms with E-state index in [9.17, 15) is 0 Å². The van der Waals surface area contributed by atoms with E-state index in [0.29, 0.717) is 29.9 Å². The second kappa shape index (κ2) is 10.2. The number of hydrogen-bond donors (Lipinski definition) is 2. The van der Waals surface area contributed by atoms with Crippen LogP contribution in [0.2, 0.25) is 0 Å². The third-order valence-corrected chi connectivity index (χ3v) is 4.45. The summed E-state index contributed by atoms with van der Waals surface area (Å²) in [7, 11) is 3.22. The van der Waals surface area contributed by atoms with Gasteiger partial charge >= 0.3 is 0 Å². The highest BCUT2D eigenvalue weighted by molar-refractivity contribution is 14.0. The summed E-state index contributed by atoms with van der Waals surface area (Å²) in [5.41, 5.74) is 6.98. The van der Waals surface area contributed by atoms with E-state index >= 15 is 0 Å². The molecule has 3 N–H and O–H groups in total. The van der Waals surface area contributed by atoms with Crippen molar-refractivity contribution in [3.63, 3.8) is 0 Å². The zero-order valence-electron chi connectivity index (χ0n) is 16.4. The molecule has 7 heteroatoms. The van der Waals surface area contributed by atoms with Crippen molar-refractivity contribution >= 4 is 35.6 Å². The fourth-order valence-electron chi connectivity index (χ4n) is 3.30. The second-order valence-electron chi connectivity index (χ2n) is 7.48. The first-order valence-corrected chi connectivity index (χ1v) is 8.75. The molecule has 1 aliphatic rings. The molecule has 0 bridgehead atoms. The molecule has 2 rings (SSSR count). The summed E-state index contributed by atoms with van der Waals surface area (Å²) in [4.78, 5) is 4.54. The SMILES string of the molecule is COc1ccc(NC(N)=NCC2CCCOC2C(C)(C)C)cc1OC.I. The Morgan fingerprint density at radius 2 is 1.96 bits per heavy atom. The first kappa shape index (κ1) is 22.8. The molecule has 26 heavy (non-hydrogen) atoms. The van der Waals surface area contributed by atoms with Gasteiger partial charge in [0.1, 0.15) is 0 Å². The van der Waals surface area contributed by atoms with E-state index in [0.717, 1.165) is 25.1 Å². The Balaban J connectivity index is 0.00000338. The lowest BCUT2D eigenvalue weighted by Gasteiger charge is -2.39. The number of nitrogens with zero attached hydrogens (tertiary/aromatic N) is 1. The number of nitrogens with one attached hydrogen (secondary N) is 1. The number of ether oxygens (including phenoxy) is 3. The van der Waals surface area contributed by atoms with Gasteiger partial charge in [0, 0.05) is 30.8 Å². The number of aliphatic imine (C=N–C) groups is 1. The van der Waals surface area contributed by atoms with Gasteiger partial charge in [-0.15, -0.1) is 24.0 Å². The molecule has 1 heterocycles. The van der Waals surface area contributed by atoms with Crippen molar-refractivity contribution in [3.05, 3.63) is 18.2 Å². The smallest absolute Gasteiger partial charge is 0.193 e. The van der Waals surface area contributed by atoms with Crippen LogP contribution in [0, 0.1) is 11.3 Å². The summed E-state index contributed by atoms with van der Waals surface area (Å²) < 4.78 is 16.5. The van der Waals surface area contributed by atoms with E-state index in [1.165, 1.54) is 0 Å². The fraction of sp³-hybridized carbons (Fsp3) is 0.632. The van der Waals surface area contributed by atoms with Crippen molar-refractivity contribution in [1.29, 1.82) is 0 Å². The lowest BCUT2D eigenvalue weighted by atomic mass is 9.78. The summed E-state index contributed by atoms with van der Waals surface area (Å²) in [6.45, 7) is 8.14. The van der Waals surface area contributed by atoms with Gasteiger partial charge in [-0.25, -0.2) is 0 Å². The largest absolute Gasteiger partial charge is 0.493 e. The Morgan fingerprint density at radius 3 is 2.58 bits per heavy atom. The topological polar surface area (TPSA) is 78.1 Å². The van der Waals surface area contributed by atoms with Gasteiger partial charge in [-0.05, 0) is 30.4 Å². The maximum Gasteiger partial charge on any atom is 0.193 e. The number of methoxy groups -OCH3 is 2. The number of benzene rings is 1. The minimum absolute atomic E-state index is 0. The normalized spacial score (nSPS) is 20.9. The van der Waals surface area contributed by atoms with Gasteiger partial charge < -0.3 is 25.3 Å². The zero-order valence-corrected chi connectivity index (χ0v) is 18.7. The zero-order chi connectivity index (χ0) is 18.4. The number of rotatable bonds is 5. The van der Waals surface area contributed by atoms with E-state index in [4.69, 9.17) is 19.9 Å². The lowest BCUT2D eigenvalue weighted by Crippen LogP contribution is -2.41. The van der Waals surface area contributed by atoms with Crippen LogP contribution >= 0.6 is 24.0 Å². The first-order chi connectivity index (χ1) is 11.8. The number of guanidine groups is 1. The average Bonchev–Trinajstić information content (AvgIpc) is 2.59. The Bertz CT molecular complexity index is 602. The Hall–Kier alpha value is -1.22. The molecule has 1 fully saturated rings. The monoisotopic (exact) mass is 477 g/mol. The number of nitrogens with two attached hydrogens (primary N) is 1. The highest BCUT2D eigenvalue weighted by atomic mass is 127. The summed E-state index contributed by atoms with van der Waals surface area (Å²) in [6.07, 6.45) is 2.41. The molecule has 148 valence electrons. The molecular formula is C19H32IN3O3. The summed E-state index contributed by atoms with van der Waals surface area (Å²) in [6, 6.07) is 5.55.